The number of benzene rings is 2. The fourth-order valence-corrected chi connectivity index (χ4v) is 3.51. The molecule has 4 rings (SSSR count). The van der Waals surface area contributed by atoms with E-state index in [1.807, 2.05) is 54.6 Å². The van der Waals surface area contributed by atoms with Crippen LogP contribution in [-0.4, -0.2) is 15.0 Å². The molecule has 0 fully saturated rings. The van der Waals surface area contributed by atoms with Gasteiger partial charge in [0.25, 0.3) is 0 Å². The number of nitrogens with zero attached hydrogens (tertiary/aromatic N) is 3. The van der Waals surface area contributed by atoms with Crippen molar-refractivity contribution in [1.82, 2.24) is 15.0 Å². The van der Waals surface area contributed by atoms with E-state index in [-0.39, 0.29) is 11.2 Å². The van der Waals surface area contributed by atoms with E-state index in [4.69, 9.17) is 4.74 Å². The summed E-state index contributed by atoms with van der Waals surface area (Å²) in [5.41, 5.74) is 3.88. The van der Waals surface area contributed by atoms with E-state index >= 15 is 0 Å². The molecule has 5 heteroatoms. The van der Waals surface area contributed by atoms with Crippen LogP contribution in [0.1, 0.15) is 49.0 Å². The number of hydrogen-bond donors (Lipinski definition) is 0. The lowest BCUT2D eigenvalue weighted by atomic mass is 9.87. The molecule has 33 heavy (non-hydrogen) atoms. The van der Waals surface area contributed by atoms with Gasteiger partial charge in [0.1, 0.15) is 11.6 Å². The lowest BCUT2D eigenvalue weighted by Gasteiger charge is -2.19. The molecule has 2 aromatic heterocycles. The molecule has 0 radical (unpaired) electrons. The largest absolute Gasteiger partial charge is 0.439 e. The molecule has 0 unspecified atom stereocenters. The summed E-state index contributed by atoms with van der Waals surface area (Å²) in [4.78, 5) is 13.0. The summed E-state index contributed by atoms with van der Waals surface area (Å²) < 4.78 is 20.1. The molecule has 168 valence electrons. The van der Waals surface area contributed by atoms with Gasteiger partial charge in [-0.1, -0.05) is 69.3 Å². The number of aromatic nitrogens is 3. The van der Waals surface area contributed by atoms with E-state index in [1.54, 1.807) is 6.20 Å². The summed E-state index contributed by atoms with van der Waals surface area (Å²) in [5.74, 6) is 1.47. The van der Waals surface area contributed by atoms with Crippen LogP contribution >= 0.6 is 0 Å². The van der Waals surface area contributed by atoms with Crippen LogP contribution in [0.3, 0.4) is 0 Å². The van der Waals surface area contributed by atoms with Gasteiger partial charge in [0.2, 0.25) is 5.88 Å². The van der Waals surface area contributed by atoms with Crippen molar-refractivity contribution >= 4 is 0 Å². The SMILES string of the molecule is CC(C)(C)c1ccc(Oc2ccc(Cc3ncc(F)c(CCc4ccccc4)n3)cn2)cc1. The number of aryl methyl sites for hydroxylation is 2. The number of pyridine rings is 1. The Morgan fingerprint density at radius 3 is 2.21 bits per heavy atom. The molecule has 0 spiro atoms. The van der Waals surface area contributed by atoms with Crippen molar-refractivity contribution in [3.05, 3.63) is 113 Å². The Balaban J connectivity index is 1.38. The highest BCUT2D eigenvalue weighted by Crippen LogP contribution is 2.26. The quantitative estimate of drug-likeness (QED) is 0.329. The zero-order valence-electron chi connectivity index (χ0n) is 19.3. The average molecular weight is 442 g/mol. The molecule has 0 aliphatic carbocycles. The van der Waals surface area contributed by atoms with Crippen molar-refractivity contribution in [3.63, 3.8) is 0 Å². The maximum atomic E-state index is 14.2. The molecular weight excluding hydrogens is 413 g/mol. The molecule has 0 aliphatic heterocycles. The van der Waals surface area contributed by atoms with Gasteiger partial charge in [-0.25, -0.2) is 19.3 Å². The molecule has 0 amide bonds. The van der Waals surface area contributed by atoms with E-state index in [9.17, 15) is 4.39 Å². The Labute approximate surface area is 194 Å². The van der Waals surface area contributed by atoms with Crippen LogP contribution < -0.4 is 4.74 Å². The van der Waals surface area contributed by atoms with Gasteiger partial charge in [-0.15, -0.1) is 0 Å². The zero-order valence-corrected chi connectivity index (χ0v) is 19.3. The monoisotopic (exact) mass is 441 g/mol. The Morgan fingerprint density at radius 1 is 0.788 bits per heavy atom. The van der Waals surface area contributed by atoms with Gasteiger partial charge in [0.05, 0.1) is 11.9 Å². The van der Waals surface area contributed by atoms with E-state index in [1.165, 1.54) is 11.8 Å². The lowest BCUT2D eigenvalue weighted by molar-refractivity contribution is 0.461. The second-order valence-corrected chi connectivity index (χ2v) is 9.12. The minimum absolute atomic E-state index is 0.0995. The van der Waals surface area contributed by atoms with Gasteiger partial charge in [0.15, 0.2) is 5.82 Å². The molecule has 0 bridgehead atoms. The number of hydrogen-bond acceptors (Lipinski definition) is 4. The van der Waals surface area contributed by atoms with E-state index in [0.29, 0.717) is 30.2 Å². The van der Waals surface area contributed by atoms with Crippen LogP contribution in [0, 0.1) is 5.82 Å². The highest BCUT2D eigenvalue weighted by molar-refractivity contribution is 5.34. The van der Waals surface area contributed by atoms with Crippen molar-refractivity contribution in [1.29, 1.82) is 0 Å². The second kappa shape index (κ2) is 9.90. The van der Waals surface area contributed by atoms with Crippen LogP contribution in [-0.2, 0) is 24.7 Å². The van der Waals surface area contributed by atoms with Crippen molar-refractivity contribution in [2.45, 2.75) is 45.4 Å². The van der Waals surface area contributed by atoms with E-state index in [0.717, 1.165) is 23.3 Å². The maximum Gasteiger partial charge on any atom is 0.219 e. The fraction of sp³-hybridized carbons (Fsp3) is 0.250. The first kappa shape index (κ1) is 22.6. The maximum absolute atomic E-state index is 14.2. The number of rotatable bonds is 7. The molecule has 0 saturated heterocycles. The Morgan fingerprint density at radius 2 is 1.55 bits per heavy atom. The van der Waals surface area contributed by atoms with E-state index < -0.39 is 0 Å². The lowest BCUT2D eigenvalue weighted by Crippen LogP contribution is -2.10. The Hall–Kier alpha value is -3.60. The van der Waals surface area contributed by atoms with Crippen LogP contribution in [0.5, 0.6) is 11.6 Å². The smallest absolute Gasteiger partial charge is 0.219 e. The highest BCUT2D eigenvalue weighted by Gasteiger charge is 2.13. The van der Waals surface area contributed by atoms with Crippen LogP contribution in [0.2, 0.25) is 0 Å². The van der Waals surface area contributed by atoms with Crippen LogP contribution in [0.25, 0.3) is 0 Å². The van der Waals surface area contributed by atoms with Crippen molar-refractivity contribution in [3.8, 4) is 11.6 Å². The molecule has 0 aliphatic rings. The molecule has 0 saturated carbocycles. The van der Waals surface area contributed by atoms with Crippen molar-refractivity contribution < 1.29 is 9.13 Å². The normalized spacial score (nSPS) is 11.4. The first-order valence-electron chi connectivity index (χ1n) is 11.1. The third-order valence-electron chi connectivity index (χ3n) is 5.46. The Bertz CT molecular complexity index is 1180. The van der Waals surface area contributed by atoms with E-state index in [2.05, 4.69) is 47.9 Å². The minimum Gasteiger partial charge on any atom is -0.439 e. The fourth-order valence-electron chi connectivity index (χ4n) is 3.51. The molecule has 4 nitrogen and oxygen atoms in total. The minimum atomic E-state index is -0.367. The standard InChI is InChI=1S/C28H28FN3O/c1-28(2,3)22-11-13-23(14-12-22)33-27-16-10-21(18-31-27)17-26-30-19-24(29)25(32-26)15-9-20-7-5-4-6-8-20/h4-8,10-14,16,18-19H,9,15,17H2,1-3H3. The zero-order chi connectivity index (χ0) is 23.3. The molecule has 0 N–H and O–H groups in total. The van der Waals surface area contributed by atoms with Gasteiger partial charge >= 0.3 is 0 Å². The topological polar surface area (TPSA) is 47.9 Å². The number of halogens is 1. The highest BCUT2D eigenvalue weighted by atomic mass is 19.1. The average Bonchev–Trinajstić information content (AvgIpc) is 2.81. The summed E-state index contributed by atoms with van der Waals surface area (Å²) in [6.07, 6.45) is 4.75. The summed E-state index contributed by atoms with van der Waals surface area (Å²) >= 11 is 0. The van der Waals surface area contributed by atoms with Crippen molar-refractivity contribution in [2.24, 2.45) is 0 Å². The summed E-state index contributed by atoms with van der Waals surface area (Å²) in [6.45, 7) is 6.54. The molecular formula is C28H28FN3O. The van der Waals surface area contributed by atoms with Crippen LogP contribution in [0.15, 0.2) is 79.1 Å². The third-order valence-corrected chi connectivity index (χ3v) is 5.46. The molecule has 4 aromatic rings. The number of ether oxygens (including phenoxy) is 1. The first-order valence-corrected chi connectivity index (χ1v) is 11.1. The van der Waals surface area contributed by atoms with Gasteiger partial charge in [0, 0.05) is 18.7 Å². The second-order valence-electron chi connectivity index (χ2n) is 9.12. The van der Waals surface area contributed by atoms with Crippen LogP contribution in [0.4, 0.5) is 4.39 Å². The molecule has 0 atom stereocenters. The molecule has 2 heterocycles. The van der Waals surface area contributed by atoms with Crippen molar-refractivity contribution in [2.75, 3.05) is 0 Å². The molecule has 2 aromatic carbocycles. The van der Waals surface area contributed by atoms with Gasteiger partial charge in [-0.2, -0.15) is 0 Å². The predicted molar refractivity (Wildman–Crippen MR) is 128 cm³/mol. The predicted octanol–water partition coefficient (Wildman–Crippen LogP) is 6.48. The summed E-state index contributed by atoms with van der Waals surface area (Å²) in [7, 11) is 0. The first-order chi connectivity index (χ1) is 15.9. The third kappa shape index (κ3) is 6.22. The van der Waals surface area contributed by atoms with Gasteiger partial charge < -0.3 is 4.74 Å². The summed E-state index contributed by atoms with van der Waals surface area (Å²) in [6, 6.07) is 21.8. The van der Waals surface area contributed by atoms with Gasteiger partial charge in [-0.3, -0.25) is 0 Å². The Kier molecular flexibility index (Phi) is 6.78. The summed E-state index contributed by atoms with van der Waals surface area (Å²) in [5, 5.41) is 0. The van der Waals surface area contributed by atoms with Gasteiger partial charge in [-0.05, 0) is 47.1 Å².